The predicted molar refractivity (Wildman–Crippen MR) is 110 cm³/mol. The second-order valence-electron chi connectivity index (χ2n) is 6.59. The molecule has 0 bridgehead atoms. The quantitative estimate of drug-likeness (QED) is 0.205. The zero-order chi connectivity index (χ0) is 22.1. The van der Waals surface area contributed by atoms with Gasteiger partial charge in [-0.25, -0.2) is 9.59 Å². The molecule has 3 unspecified atom stereocenters. The Kier molecular flexibility index (Phi) is 7.02. The molecule has 2 saturated heterocycles. The number of ether oxygens (including phenoxy) is 1. The molecule has 2 amide bonds. The van der Waals surface area contributed by atoms with E-state index in [9.17, 15) is 23.7 Å². The topological polar surface area (TPSA) is 116 Å². The van der Waals surface area contributed by atoms with E-state index in [0.717, 1.165) is 10.5 Å². The number of halogens is 3. The number of carbonyl (C=O) groups excluding carboxylic acids is 4. The Hall–Kier alpha value is -1.74. The highest BCUT2D eigenvalue weighted by atomic mass is 35.5. The maximum absolute atomic E-state index is 12.7. The zero-order valence-corrected chi connectivity index (χ0v) is 18.3. The van der Waals surface area contributed by atoms with Crippen LogP contribution in [0.4, 0.5) is 0 Å². The number of nitrogens with one attached hydrogen (secondary N) is 1. The van der Waals surface area contributed by atoms with Crippen LogP contribution in [0.15, 0.2) is 35.9 Å². The van der Waals surface area contributed by atoms with Crippen LogP contribution in [0.25, 0.3) is 0 Å². The maximum atomic E-state index is 12.7. The van der Waals surface area contributed by atoms with Crippen LogP contribution in [0.5, 0.6) is 0 Å². The molecule has 1 aromatic carbocycles. The van der Waals surface area contributed by atoms with Gasteiger partial charge < -0.3 is 14.6 Å². The average molecular weight is 494 g/mol. The minimum Gasteiger partial charge on any atom is -0.614 e. The second kappa shape index (κ2) is 9.18. The summed E-state index contributed by atoms with van der Waals surface area (Å²) in [6.45, 7) is 0. The van der Waals surface area contributed by atoms with Crippen molar-refractivity contribution in [2.45, 2.75) is 28.4 Å². The molecule has 3 rings (SSSR count). The number of benzene rings is 1. The van der Waals surface area contributed by atoms with Crippen molar-refractivity contribution in [3.63, 3.8) is 0 Å². The first-order valence-corrected chi connectivity index (χ1v) is 11.3. The van der Waals surface area contributed by atoms with E-state index in [-0.39, 0.29) is 17.7 Å². The molecule has 2 heterocycles. The van der Waals surface area contributed by atoms with Gasteiger partial charge >= 0.3 is 5.97 Å². The number of esters is 1. The summed E-state index contributed by atoms with van der Waals surface area (Å²) in [5.41, 5.74) is 0.494. The van der Waals surface area contributed by atoms with Gasteiger partial charge in [0.1, 0.15) is 11.7 Å². The summed E-state index contributed by atoms with van der Waals surface area (Å²) in [5, 5.41) is 1.53. The number of rotatable bonds is 6. The van der Waals surface area contributed by atoms with Crippen LogP contribution in [0.2, 0.25) is 0 Å². The number of alkyl halides is 3. The summed E-state index contributed by atoms with van der Waals surface area (Å²) in [4.78, 5) is 49.7. The van der Waals surface area contributed by atoms with Crippen molar-refractivity contribution in [2.24, 2.45) is 0 Å². The highest BCUT2D eigenvalue weighted by Crippen LogP contribution is 2.37. The Balaban J connectivity index is 1.75. The van der Waals surface area contributed by atoms with E-state index in [0.29, 0.717) is 0 Å². The molecule has 8 nitrogen and oxygen atoms in total. The average Bonchev–Trinajstić information content (AvgIpc) is 2.71. The fraction of sp³-hybridized carbons (Fsp3) is 0.389. The predicted octanol–water partition coefficient (Wildman–Crippen LogP) is 0.684. The Morgan fingerprint density at radius 1 is 1.33 bits per heavy atom. The molecule has 0 aliphatic carbocycles. The third-order valence-corrected chi connectivity index (χ3v) is 7.24. The van der Waals surface area contributed by atoms with Crippen molar-refractivity contribution in [1.82, 2.24) is 10.2 Å². The van der Waals surface area contributed by atoms with Gasteiger partial charge in [-0.15, -0.1) is 11.6 Å². The third-order valence-electron chi connectivity index (χ3n) is 4.54. The van der Waals surface area contributed by atoms with Crippen molar-refractivity contribution < 1.29 is 28.5 Å². The number of β-lactam (4-membered cyclic amide) rings is 1. The fourth-order valence-corrected chi connectivity index (χ4v) is 5.10. The first kappa shape index (κ1) is 22.9. The molecule has 0 radical (unpaired) electrons. The number of hydrogen-bond acceptors (Lipinski definition) is 6. The number of nitrogens with zero attached hydrogens (tertiary/aromatic N) is 1. The van der Waals surface area contributed by atoms with Crippen LogP contribution in [0, 0.1) is 0 Å². The van der Waals surface area contributed by atoms with Crippen LogP contribution < -0.4 is 5.32 Å². The largest absolute Gasteiger partial charge is 0.614 e. The molecule has 4 atom stereocenters. The van der Waals surface area contributed by atoms with Crippen molar-refractivity contribution in [1.29, 1.82) is 0 Å². The highest BCUT2D eigenvalue weighted by Gasteiger charge is 2.64. The Bertz CT molecular complexity index is 908. The molecule has 2 fully saturated rings. The molecule has 0 saturated carbocycles. The maximum Gasteiger partial charge on any atom is 0.337 e. The van der Waals surface area contributed by atoms with Gasteiger partial charge in [0.15, 0.2) is 12.1 Å². The molecular weight excluding hydrogens is 479 g/mol. The van der Waals surface area contributed by atoms with Crippen LogP contribution >= 0.6 is 34.8 Å². The summed E-state index contributed by atoms with van der Waals surface area (Å²) in [7, 11) is 0. The smallest absolute Gasteiger partial charge is 0.337 e. The lowest BCUT2D eigenvalue weighted by atomic mass is 9.98. The standard InChI is InChI=1S/C18H15Cl3N2O6S/c19-9-18(20,21)29-17(27)14-11(7-24)8-30(28)16-13(15(26)23(14)16)22-12(25)6-10-4-2-1-3-5-10/h1-5,13-14,16H,6,8-9H2,(H,22,25)/t13?,14?,16-,30?/m1/s1. The van der Waals surface area contributed by atoms with E-state index in [1.54, 1.807) is 30.3 Å². The Morgan fingerprint density at radius 2 is 2.00 bits per heavy atom. The number of fused-ring (bicyclic) bond motifs is 1. The van der Waals surface area contributed by atoms with Crippen LogP contribution in [-0.2, 0) is 41.5 Å². The van der Waals surface area contributed by atoms with Gasteiger partial charge in [-0.1, -0.05) is 53.5 Å². The zero-order valence-electron chi connectivity index (χ0n) is 15.2. The summed E-state index contributed by atoms with van der Waals surface area (Å²) in [5.74, 6) is -1.49. The first-order valence-electron chi connectivity index (χ1n) is 8.61. The van der Waals surface area contributed by atoms with Gasteiger partial charge in [-0.2, -0.15) is 0 Å². The summed E-state index contributed by atoms with van der Waals surface area (Å²) >= 11 is 15.2. The van der Waals surface area contributed by atoms with E-state index in [4.69, 9.17) is 39.5 Å². The lowest BCUT2D eigenvalue weighted by molar-refractivity contribution is -0.165. The minimum absolute atomic E-state index is 0.0195. The van der Waals surface area contributed by atoms with Crippen molar-refractivity contribution in [2.75, 3.05) is 11.6 Å². The van der Waals surface area contributed by atoms with Gasteiger partial charge in [0, 0.05) is 0 Å². The summed E-state index contributed by atoms with van der Waals surface area (Å²) in [6, 6.07) is 6.25. The molecule has 2 aliphatic rings. The number of carbonyl (C=O) groups is 3. The van der Waals surface area contributed by atoms with E-state index >= 15 is 0 Å². The van der Waals surface area contributed by atoms with E-state index < -0.39 is 56.8 Å². The Labute approximate surface area is 189 Å². The van der Waals surface area contributed by atoms with E-state index in [1.165, 1.54) is 5.94 Å². The number of hydrogen-bond donors (Lipinski definition) is 1. The molecule has 30 heavy (non-hydrogen) atoms. The lowest BCUT2D eigenvalue weighted by Gasteiger charge is -2.51. The molecule has 0 aromatic heterocycles. The fourth-order valence-electron chi connectivity index (χ4n) is 3.23. The highest BCUT2D eigenvalue weighted by molar-refractivity contribution is 7.92. The van der Waals surface area contributed by atoms with Gasteiger partial charge in [0.05, 0.1) is 17.9 Å². The van der Waals surface area contributed by atoms with Crippen LogP contribution in [-0.4, -0.2) is 66.8 Å². The van der Waals surface area contributed by atoms with E-state index in [2.05, 4.69) is 5.32 Å². The SMILES string of the molecule is O=C=C1C[S+]([O-])[C@@H]2C(NC(=O)Cc3ccccc3)C(=O)N2C1C(=O)OC(Cl)(Cl)CCl. The van der Waals surface area contributed by atoms with E-state index in [1.807, 2.05) is 0 Å². The normalized spacial score (nSPS) is 25.7. The summed E-state index contributed by atoms with van der Waals surface area (Å²) < 4.78 is 15.4. The molecule has 12 heteroatoms. The van der Waals surface area contributed by atoms with Crippen LogP contribution in [0.1, 0.15) is 5.56 Å². The summed E-state index contributed by atoms with van der Waals surface area (Å²) in [6.07, 6.45) is 0.0195. The third kappa shape index (κ3) is 4.61. The molecule has 0 spiro atoms. The molecule has 2 aliphatic heterocycles. The molecule has 160 valence electrons. The van der Waals surface area contributed by atoms with Gasteiger partial charge in [-0.3, -0.25) is 14.5 Å². The lowest BCUT2D eigenvalue weighted by Crippen LogP contribution is -2.79. The van der Waals surface area contributed by atoms with Crippen molar-refractivity contribution in [3.05, 3.63) is 41.5 Å². The van der Waals surface area contributed by atoms with Crippen LogP contribution in [0.3, 0.4) is 0 Å². The van der Waals surface area contributed by atoms with Gasteiger partial charge in [0.25, 0.3) is 10.4 Å². The second-order valence-corrected chi connectivity index (χ2v) is 9.81. The van der Waals surface area contributed by atoms with Crippen molar-refractivity contribution in [3.8, 4) is 0 Å². The minimum atomic E-state index is -2.07. The van der Waals surface area contributed by atoms with Gasteiger partial charge in [0.2, 0.25) is 11.3 Å². The first-order chi connectivity index (χ1) is 14.2. The Morgan fingerprint density at radius 3 is 2.60 bits per heavy atom. The monoisotopic (exact) mass is 492 g/mol. The molecule has 1 aromatic rings. The van der Waals surface area contributed by atoms with Gasteiger partial charge in [-0.05, 0) is 16.7 Å². The molecule has 1 N–H and O–H groups in total. The molecular formula is C18H15Cl3N2O6S. The van der Waals surface area contributed by atoms with Crippen molar-refractivity contribution >= 4 is 69.7 Å². The number of amides is 2.